The molecule has 5 heteroatoms. The molecular formula is C24H26ClNO3. The van der Waals surface area contributed by atoms with E-state index in [-0.39, 0.29) is 22.7 Å². The predicted octanol–water partition coefficient (Wildman–Crippen LogP) is 4.23. The highest BCUT2D eigenvalue weighted by Crippen LogP contribution is 2.58. The number of carbonyl (C=O) groups excluding carboxylic acids is 1. The Balaban J connectivity index is 1.47. The lowest BCUT2D eigenvalue weighted by molar-refractivity contribution is -0.127. The monoisotopic (exact) mass is 411 g/mol. The Morgan fingerprint density at radius 3 is 2.72 bits per heavy atom. The van der Waals surface area contributed by atoms with Crippen molar-refractivity contribution >= 4 is 17.4 Å². The van der Waals surface area contributed by atoms with E-state index >= 15 is 0 Å². The van der Waals surface area contributed by atoms with Crippen LogP contribution in [-0.4, -0.2) is 40.0 Å². The van der Waals surface area contributed by atoms with E-state index in [2.05, 4.69) is 17.0 Å². The first-order valence-electron chi connectivity index (χ1n) is 10.5. The number of phenolic OH excluding ortho intramolecular Hbond substituents is 2. The van der Waals surface area contributed by atoms with Crippen molar-refractivity contribution in [2.24, 2.45) is 5.92 Å². The summed E-state index contributed by atoms with van der Waals surface area (Å²) in [6.07, 6.45) is 4.68. The van der Waals surface area contributed by atoms with E-state index in [9.17, 15) is 15.0 Å². The second-order valence-corrected chi connectivity index (χ2v) is 9.35. The SMILES string of the molecule is O=C1CCC2C3Cc4ccc(O)c(O)c4C2(CCN3CCc2ccc(Cl)cc2)C1. The maximum Gasteiger partial charge on any atom is 0.161 e. The van der Waals surface area contributed by atoms with E-state index in [4.69, 9.17) is 11.6 Å². The molecule has 152 valence electrons. The topological polar surface area (TPSA) is 60.8 Å². The summed E-state index contributed by atoms with van der Waals surface area (Å²) in [5.41, 5.74) is 2.90. The molecule has 1 saturated heterocycles. The smallest absolute Gasteiger partial charge is 0.161 e. The van der Waals surface area contributed by atoms with Crippen LogP contribution in [0.2, 0.25) is 5.02 Å². The highest BCUT2D eigenvalue weighted by atomic mass is 35.5. The molecule has 2 fully saturated rings. The first kappa shape index (κ1) is 19.0. The van der Waals surface area contributed by atoms with Crippen molar-refractivity contribution in [2.75, 3.05) is 13.1 Å². The molecular weight excluding hydrogens is 386 g/mol. The molecule has 29 heavy (non-hydrogen) atoms. The van der Waals surface area contributed by atoms with E-state index in [0.29, 0.717) is 24.8 Å². The van der Waals surface area contributed by atoms with Crippen LogP contribution in [0, 0.1) is 5.92 Å². The first-order valence-corrected chi connectivity index (χ1v) is 10.9. The fourth-order valence-corrected chi connectivity index (χ4v) is 6.33. The lowest BCUT2D eigenvalue weighted by Crippen LogP contribution is -2.62. The molecule has 2 bridgehead atoms. The number of hydrogen-bond donors (Lipinski definition) is 2. The number of rotatable bonds is 3. The molecule has 0 aromatic heterocycles. The molecule has 3 aliphatic rings. The third kappa shape index (κ3) is 3.04. The Bertz CT molecular complexity index is 957. The van der Waals surface area contributed by atoms with Gasteiger partial charge in [0.25, 0.3) is 0 Å². The maximum atomic E-state index is 12.5. The molecule has 3 atom stereocenters. The van der Waals surface area contributed by atoms with E-state index in [0.717, 1.165) is 54.9 Å². The van der Waals surface area contributed by atoms with Crippen LogP contribution >= 0.6 is 11.6 Å². The molecule has 0 radical (unpaired) electrons. The quantitative estimate of drug-likeness (QED) is 0.742. The fraction of sp³-hybridized carbons (Fsp3) is 0.458. The van der Waals surface area contributed by atoms with Crippen molar-refractivity contribution in [3.63, 3.8) is 0 Å². The fourth-order valence-electron chi connectivity index (χ4n) is 6.21. The number of likely N-dealkylation sites (tertiary alicyclic amines) is 1. The lowest BCUT2D eigenvalue weighted by Gasteiger charge is -2.58. The third-order valence-electron chi connectivity index (χ3n) is 7.51. The van der Waals surface area contributed by atoms with Gasteiger partial charge < -0.3 is 10.2 Å². The number of phenols is 2. The minimum absolute atomic E-state index is 0.00438. The Kier molecular flexibility index (Phi) is 4.60. The van der Waals surface area contributed by atoms with Gasteiger partial charge >= 0.3 is 0 Å². The number of piperidine rings is 1. The van der Waals surface area contributed by atoms with Gasteiger partial charge in [0.2, 0.25) is 0 Å². The highest BCUT2D eigenvalue weighted by molar-refractivity contribution is 6.30. The normalized spacial score (nSPS) is 28.7. The zero-order valence-electron chi connectivity index (χ0n) is 16.4. The maximum absolute atomic E-state index is 12.5. The predicted molar refractivity (Wildman–Crippen MR) is 113 cm³/mol. The summed E-state index contributed by atoms with van der Waals surface area (Å²) in [5.74, 6) is 0.554. The van der Waals surface area contributed by atoms with Gasteiger partial charge in [-0.25, -0.2) is 0 Å². The van der Waals surface area contributed by atoms with Gasteiger partial charge in [-0.15, -0.1) is 0 Å². The van der Waals surface area contributed by atoms with Gasteiger partial charge in [-0.1, -0.05) is 29.8 Å². The first-order chi connectivity index (χ1) is 14.0. The molecule has 4 nitrogen and oxygen atoms in total. The van der Waals surface area contributed by atoms with Crippen LogP contribution in [0.1, 0.15) is 42.4 Å². The summed E-state index contributed by atoms with van der Waals surface area (Å²) in [6.45, 7) is 1.89. The lowest BCUT2D eigenvalue weighted by atomic mass is 9.52. The van der Waals surface area contributed by atoms with Gasteiger partial charge in [-0.3, -0.25) is 9.69 Å². The molecule has 0 spiro atoms. The van der Waals surface area contributed by atoms with Crippen molar-refractivity contribution in [3.8, 4) is 11.5 Å². The van der Waals surface area contributed by atoms with E-state index in [1.54, 1.807) is 6.07 Å². The number of aromatic hydroxyl groups is 2. The molecule has 1 aliphatic heterocycles. The number of benzene rings is 2. The third-order valence-corrected chi connectivity index (χ3v) is 7.76. The average Bonchev–Trinajstić information content (AvgIpc) is 2.70. The Hall–Kier alpha value is -2.04. The van der Waals surface area contributed by atoms with Gasteiger partial charge in [0, 0.05) is 41.4 Å². The van der Waals surface area contributed by atoms with Crippen molar-refractivity contribution in [2.45, 2.75) is 50.0 Å². The van der Waals surface area contributed by atoms with Crippen molar-refractivity contribution < 1.29 is 15.0 Å². The molecule has 1 saturated carbocycles. The number of carbonyl (C=O) groups is 1. The minimum atomic E-state index is -0.326. The summed E-state index contributed by atoms with van der Waals surface area (Å²) in [4.78, 5) is 15.1. The summed E-state index contributed by atoms with van der Waals surface area (Å²) in [6, 6.07) is 12.0. The van der Waals surface area contributed by atoms with Crippen molar-refractivity contribution in [1.29, 1.82) is 0 Å². The largest absolute Gasteiger partial charge is 0.504 e. The molecule has 3 unspecified atom stereocenters. The molecule has 2 aliphatic carbocycles. The number of hydrogen-bond acceptors (Lipinski definition) is 4. The Morgan fingerprint density at radius 1 is 1.14 bits per heavy atom. The van der Waals surface area contributed by atoms with Crippen molar-refractivity contribution in [1.82, 2.24) is 4.90 Å². The second-order valence-electron chi connectivity index (χ2n) is 8.92. The van der Waals surface area contributed by atoms with Gasteiger partial charge in [0.1, 0.15) is 5.78 Å². The zero-order chi connectivity index (χ0) is 20.2. The standard InChI is InChI=1S/C24H26ClNO3/c25-17-4-1-15(2-5-17)9-11-26-12-10-24-14-18(27)6-7-19(24)20(26)13-16-3-8-21(28)23(29)22(16)24/h1-5,8,19-20,28-29H,6-7,9-14H2. The summed E-state index contributed by atoms with van der Waals surface area (Å²) in [7, 11) is 0. The van der Waals surface area contributed by atoms with Gasteiger partial charge in [-0.2, -0.15) is 0 Å². The van der Waals surface area contributed by atoms with Crippen LogP contribution < -0.4 is 0 Å². The van der Waals surface area contributed by atoms with E-state index < -0.39 is 0 Å². The number of Topliss-reactive ketones (excluding diaryl/α,β-unsaturated/α-hetero) is 1. The molecule has 5 rings (SSSR count). The molecule has 2 aromatic rings. The average molecular weight is 412 g/mol. The molecule has 2 N–H and O–H groups in total. The summed E-state index contributed by atoms with van der Waals surface area (Å²) in [5, 5.41) is 21.6. The highest BCUT2D eigenvalue weighted by Gasteiger charge is 2.56. The molecule has 1 heterocycles. The Morgan fingerprint density at radius 2 is 1.93 bits per heavy atom. The van der Waals surface area contributed by atoms with Gasteiger partial charge in [0.15, 0.2) is 11.5 Å². The summed E-state index contributed by atoms with van der Waals surface area (Å²) >= 11 is 6.01. The van der Waals surface area contributed by atoms with Crippen LogP contribution in [0.4, 0.5) is 0 Å². The number of halogens is 1. The number of nitrogens with zero attached hydrogens (tertiary/aromatic N) is 1. The Labute approximate surface area is 176 Å². The van der Waals surface area contributed by atoms with Crippen LogP contribution in [-0.2, 0) is 23.1 Å². The van der Waals surface area contributed by atoms with E-state index in [1.807, 2.05) is 18.2 Å². The zero-order valence-corrected chi connectivity index (χ0v) is 17.2. The van der Waals surface area contributed by atoms with Gasteiger partial charge in [-0.05, 0) is 67.5 Å². The molecule has 2 aromatic carbocycles. The van der Waals surface area contributed by atoms with Crippen molar-refractivity contribution in [3.05, 3.63) is 58.1 Å². The second kappa shape index (κ2) is 7.03. The van der Waals surface area contributed by atoms with Crippen LogP contribution in [0.25, 0.3) is 0 Å². The van der Waals surface area contributed by atoms with Gasteiger partial charge in [0.05, 0.1) is 0 Å². The van der Waals surface area contributed by atoms with Crippen LogP contribution in [0.15, 0.2) is 36.4 Å². The number of fused-ring (bicyclic) bond motifs is 1. The number of ketones is 1. The van der Waals surface area contributed by atoms with E-state index in [1.165, 1.54) is 5.56 Å². The van der Waals surface area contributed by atoms with Crippen LogP contribution in [0.5, 0.6) is 11.5 Å². The van der Waals surface area contributed by atoms with Crippen LogP contribution in [0.3, 0.4) is 0 Å². The minimum Gasteiger partial charge on any atom is -0.504 e. The summed E-state index contributed by atoms with van der Waals surface area (Å²) < 4.78 is 0. The molecule has 0 amide bonds.